The van der Waals surface area contributed by atoms with Crippen LogP contribution in [-0.2, 0) is 0 Å². The van der Waals surface area contributed by atoms with E-state index in [2.05, 4.69) is 10.6 Å². The summed E-state index contributed by atoms with van der Waals surface area (Å²) in [5.41, 5.74) is -0.00855. The summed E-state index contributed by atoms with van der Waals surface area (Å²) in [6.45, 7) is 2.54. The molecule has 0 amide bonds. The molecule has 0 bridgehead atoms. The van der Waals surface area contributed by atoms with Gasteiger partial charge in [0.1, 0.15) is 11.5 Å². The Labute approximate surface area is 115 Å². The summed E-state index contributed by atoms with van der Waals surface area (Å²) in [7, 11) is 0. The normalized spacial score (nSPS) is 16.3. The van der Waals surface area contributed by atoms with E-state index >= 15 is 0 Å². The first-order chi connectivity index (χ1) is 9.08. The second-order valence-electron chi connectivity index (χ2n) is 4.61. The van der Waals surface area contributed by atoms with Gasteiger partial charge >= 0.3 is 0 Å². The Morgan fingerprint density at radius 3 is 2.79 bits per heavy atom. The van der Waals surface area contributed by atoms with Gasteiger partial charge in [0.25, 0.3) is 5.69 Å². The zero-order valence-corrected chi connectivity index (χ0v) is 11.0. The van der Waals surface area contributed by atoms with Crippen molar-refractivity contribution in [3.05, 3.63) is 33.1 Å². The minimum atomic E-state index is -0.777. The lowest BCUT2D eigenvalue weighted by Crippen LogP contribution is -2.31. The molecule has 0 atom stereocenters. The van der Waals surface area contributed by atoms with Gasteiger partial charge in [0.05, 0.1) is 16.0 Å². The first-order valence-electron chi connectivity index (χ1n) is 6.16. The number of hydrogen-bond acceptors (Lipinski definition) is 4. The largest absolute Gasteiger partial charge is 0.379 e. The minimum Gasteiger partial charge on any atom is -0.379 e. The zero-order valence-electron chi connectivity index (χ0n) is 10.3. The third-order valence-corrected chi connectivity index (χ3v) is 3.56. The molecule has 1 aliphatic heterocycles. The van der Waals surface area contributed by atoms with Crippen LogP contribution in [0.15, 0.2) is 12.1 Å². The van der Waals surface area contributed by atoms with E-state index in [4.69, 9.17) is 11.6 Å². The average molecular weight is 288 g/mol. The molecule has 0 aromatic heterocycles. The molecular formula is C12H15ClFN3O2. The van der Waals surface area contributed by atoms with Gasteiger partial charge in [-0.15, -0.1) is 0 Å². The predicted molar refractivity (Wildman–Crippen MR) is 72.1 cm³/mol. The number of nitro groups is 1. The van der Waals surface area contributed by atoms with Crippen molar-refractivity contribution in [3.8, 4) is 0 Å². The molecule has 1 aromatic rings. The molecule has 0 saturated carbocycles. The number of nitrogens with zero attached hydrogens (tertiary/aromatic N) is 1. The van der Waals surface area contributed by atoms with E-state index in [1.54, 1.807) is 0 Å². The van der Waals surface area contributed by atoms with Gasteiger partial charge in [-0.2, -0.15) is 0 Å². The molecule has 1 saturated heterocycles. The van der Waals surface area contributed by atoms with Crippen molar-refractivity contribution in [2.24, 2.45) is 5.92 Å². The van der Waals surface area contributed by atoms with Gasteiger partial charge in [0.2, 0.25) is 0 Å². The molecule has 104 valence electrons. The molecule has 0 radical (unpaired) electrons. The first-order valence-corrected chi connectivity index (χ1v) is 6.53. The van der Waals surface area contributed by atoms with Gasteiger partial charge in [0.15, 0.2) is 0 Å². The molecule has 2 rings (SSSR count). The Morgan fingerprint density at radius 2 is 2.16 bits per heavy atom. The summed E-state index contributed by atoms with van der Waals surface area (Å²) < 4.78 is 13.2. The number of rotatable bonds is 4. The van der Waals surface area contributed by atoms with Crippen molar-refractivity contribution >= 4 is 23.0 Å². The lowest BCUT2D eigenvalue weighted by molar-refractivity contribution is -0.384. The lowest BCUT2D eigenvalue weighted by Gasteiger charge is -2.23. The van der Waals surface area contributed by atoms with Gasteiger partial charge in [-0.25, -0.2) is 4.39 Å². The van der Waals surface area contributed by atoms with Crippen molar-refractivity contribution in [2.45, 2.75) is 12.8 Å². The molecule has 1 aliphatic rings. The molecule has 1 aromatic carbocycles. The van der Waals surface area contributed by atoms with Gasteiger partial charge in [-0.1, -0.05) is 11.6 Å². The van der Waals surface area contributed by atoms with E-state index in [1.807, 2.05) is 0 Å². The Bertz CT molecular complexity index is 478. The van der Waals surface area contributed by atoms with Crippen molar-refractivity contribution in [3.63, 3.8) is 0 Å². The van der Waals surface area contributed by atoms with Crippen LogP contribution in [0.3, 0.4) is 0 Å². The van der Waals surface area contributed by atoms with E-state index in [0.29, 0.717) is 12.5 Å². The maximum absolute atomic E-state index is 13.2. The fraction of sp³-hybridized carbons (Fsp3) is 0.500. The summed E-state index contributed by atoms with van der Waals surface area (Å²) in [4.78, 5) is 10.3. The number of nitro benzene ring substituents is 1. The summed E-state index contributed by atoms with van der Waals surface area (Å²) in [5.74, 6) is -0.314. The first kappa shape index (κ1) is 14.0. The highest BCUT2D eigenvalue weighted by atomic mass is 35.5. The van der Waals surface area contributed by atoms with E-state index in [9.17, 15) is 14.5 Å². The Morgan fingerprint density at radius 1 is 1.47 bits per heavy atom. The number of halogens is 2. The van der Waals surface area contributed by atoms with Gasteiger partial charge < -0.3 is 10.6 Å². The molecule has 19 heavy (non-hydrogen) atoms. The van der Waals surface area contributed by atoms with E-state index in [1.165, 1.54) is 6.07 Å². The maximum Gasteiger partial charge on any atom is 0.295 e. The molecule has 5 nitrogen and oxygen atoms in total. The number of piperidine rings is 1. The van der Waals surface area contributed by atoms with E-state index in [0.717, 1.165) is 32.0 Å². The topological polar surface area (TPSA) is 67.2 Å². The standard InChI is InChI=1S/C12H15ClFN3O2/c13-9-5-11(12(17(18)19)6-10(9)14)16-7-8-1-3-15-4-2-8/h5-6,8,15-16H,1-4,7H2. The van der Waals surface area contributed by atoms with Gasteiger partial charge in [0, 0.05) is 6.54 Å². The molecule has 0 unspecified atom stereocenters. The van der Waals surface area contributed by atoms with E-state index < -0.39 is 10.7 Å². The van der Waals surface area contributed by atoms with Crippen molar-refractivity contribution in [1.29, 1.82) is 0 Å². The van der Waals surface area contributed by atoms with Crippen LogP contribution < -0.4 is 10.6 Å². The molecule has 1 fully saturated rings. The fourth-order valence-electron chi connectivity index (χ4n) is 2.17. The van der Waals surface area contributed by atoms with Crippen LogP contribution in [0, 0.1) is 21.8 Å². The average Bonchev–Trinajstić information content (AvgIpc) is 2.40. The van der Waals surface area contributed by atoms with Crippen LogP contribution in [-0.4, -0.2) is 24.6 Å². The third kappa shape index (κ3) is 3.54. The van der Waals surface area contributed by atoms with Crippen LogP contribution in [0.5, 0.6) is 0 Å². The lowest BCUT2D eigenvalue weighted by atomic mass is 9.98. The summed E-state index contributed by atoms with van der Waals surface area (Å²) in [6, 6.07) is 2.13. The molecule has 2 N–H and O–H groups in total. The summed E-state index contributed by atoms with van der Waals surface area (Å²) >= 11 is 5.66. The van der Waals surface area contributed by atoms with E-state index in [-0.39, 0.29) is 16.4 Å². The fourth-order valence-corrected chi connectivity index (χ4v) is 2.33. The maximum atomic E-state index is 13.2. The molecule has 7 heteroatoms. The number of anilines is 1. The van der Waals surface area contributed by atoms with Gasteiger partial charge in [-0.3, -0.25) is 10.1 Å². The molecule has 0 aliphatic carbocycles. The zero-order chi connectivity index (χ0) is 13.8. The molecular weight excluding hydrogens is 273 g/mol. The highest BCUT2D eigenvalue weighted by Gasteiger charge is 2.19. The number of benzene rings is 1. The summed E-state index contributed by atoms with van der Waals surface area (Å²) in [6.07, 6.45) is 2.05. The van der Waals surface area contributed by atoms with Gasteiger partial charge in [-0.05, 0) is 37.9 Å². The Balaban J connectivity index is 2.09. The SMILES string of the molecule is O=[N+]([O-])c1cc(F)c(Cl)cc1NCC1CCNCC1. The van der Waals surface area contributed by atoms with Crippen molar-refractivity contribution < 1.29 is 9.31 Å². The van der Waals surface area contributed by atoms with Crippen LogP contribution >= 0.6 is 11.6 Å². The second kappa shape index (κ2) is 6.16. The summed E-state index contributed by atoms with van der Waals surface area (Å²) in [5, 5.41) is 17.0. The monoisotopic (exact) mass is 287 g/mol. The Kier molecular flexibility index (Phi) is 4.55. The van der Waals surface area contributed by atoms with Crippen molar-refractivity contribution in [1.82, 2.24) is 5.32 Å². The quantitative estimate of drug-likeness (QED) is 0.660. The smallest absolute Gasteiger partial charge is 0.295 e. The predicted octanol–water partition coefficient (Wildman–Crippen LogP) is 2.80. The van der Waals surface area contributed by atoms with Crippen LogP contribution in [0.4, 0.5) is 15.8 Å². The van der Waals surface area contributed by atoms with Crippen LogP contribution in [0.2, 0.25) is 5.02 Å². The van der Waals surface area contributed by atoms with Crippen molar-refractivity contribution in [2.75, 3.05) is 25.0 Å². The number of hydrogen-bond donors (Lipinski definition) is 2. The third-order valence-electron chi connectivity index (χ3n) is 3.28. The number of nitrogens with one attached hydrogen (secondary N) is 2. The minimum absolute atomic E-state index is 0.113. The Hall–Kier alpha value is -1.40. The van der Waals surface area contributed by atoms with Crippen LogP contribution in [0.25, 0.3) is 0 Å². The molecule has 1 heterocycles. The van der Waals surface area contributed by atoms with Crippen LogP contribution in [0.1, 0.15) is 12.8 Å². The second-order valence-corrected chi connectivity index (χ2v) is 5.02. The highest BCUT2D eigenvalue weighted by molar-refractivity contribution is 6.31. The highest BCUT2D eigenvalue weighted by Crippen LogP contribution is 2.30. The molecule has 0 spiro atoms.